The molecule has 1 heterocycles. The number of nitriles is 1. The van der Waals surface area contributed by atoms with Crippen LogP contribution in [0.5, 0.6) is 0 Å². The highest BCUT2D eigenvalue weighted by atomic mass is 35.5. The van der Waals surface area contributed by atoms with Gasteiger partial charge in [-0.1, -0.05) is 11.6 Å². The Bertz CT molecular complexity index is 575. The molecule has 0 amide bonds. The van der Waals surface area contributed by atoms with Gasteiger partial charge in [0.25, 0.3) is 0 Å². The summed E-state index contributed by atoms with van der Waals surface area (Å²) in [6.07, 6.45) is 1.49. The summed E-state index contributed by atoms with van der Waals surface area (Å²) in [6, 6.07) is 9.20. The highest BCUT2D eigenvalue weighted by Gasteiger charge is 2.03. The summed E-state index contributed by atoms with van der Waals surface area (Å²) in [5.41, 5.74) is 1.41. The number of hydrogen-bond donors (Lipinski definition) is 1. The maximum absolute atomic E-state index is 13.0. The molecule has 0 aliphatic rings. The monoisotopic (exact) mass is 247 g/mol. The van der Waals surface area contributed by atoms with E-state index in [0.717, 1.165) is 0 Å². The van der Waals surface area contributed by atoms with Gasteiger partial charge in [-0.25, -0.2) is 9.37 Å². The van der Waals surface area contributed by atoms with Crippen LogP contribution in [-0.4, -0.2) is 4.98 Å². The first kappa shape index (κ1) is 11.4. The molecule has 17 heavy (non-hydrogen) atoms. The second kappa shape index (κ2) is 4.81. The zero-order valence-corrected chi connectivity index (χ0v) is 9.37. The van der Waals surface area contributed by atoms with Crippen molar-refractivity contribution in [3.63, 3.8) is 0 Å². The Morgan fingerprint density at radius 3 is 2.76 bits per heavy atom. The van der Waals surface area contributed by atoms with Crippen LogP contribution in [0.4, 0.5) is 15.8 Å². The van der Waals surface area contributed by atoms with Crippen molar-refractivity contribution in [3.8, 4) is 6.07 Å². The van der Waals surface area contributed by atoms with E-state index in [9.17, 15) is 4.39 Å². The quantitative estimate of drug-likeness (QED) is 0.884. The van der Waals surface area contributed by atoms with Crippen molar-refractivity contribution in [1.29, 1.82) is 5.26 Å². The van der Waals surface area contributed by atoms with Gasteiger partial charge < -0.3 is 5.32 Å². The molecule has 2 rings (SSSR count). The molecular formula is C12H7ClFN3. The Morgan fingerprint density at radius 1 is 1.29 bits per heavy atom. The van der Waals surface area contributed by atoms with Gasteiger partial charge in [-0.05, 0) is 30.3 Å². The van der Waals surface area contributed by atoms with Gasteiger partial charge in [-0.15, -0.1) is 0 Å². The number of benzene rings is 1. The molecule has 0 saturated heterocycles. The molecule has 0 bridgehead atoms. The predicted molar refractivity (Wildman–Crippen MR) is 63.6 cm³/mol. The topological polar surface area (TPSA) is 48.7 Å². The van der Waals surface area contributed by atoms with Crippen LogP contribution in [0.15, 0.2) is 36.5 Å². The summed E-state index contributed by atoms with van der Waals surface area (Å²) in [6.45, 7) is 0. The Morgan fingerprint density at radius 2 is 2.12 bits per heavy atom. The van der Waals surface area contributed by atoms with E-state index in [1.807, 2.05) is 6.07 Å². The molecule has 0 saturated carbocycles. The van der Waals surface area contributed by atoms with Crippen molar-refractivity contribution < 1.29 is 4.39 Å². The number of nitrogens with one attached hydrogen (secondary N) is 1. The van der Waals surface area contributed by atoms with Gasteiger partial charge in [-0.3, -0.25) is 0 Å². The summed E-state index contributed by atoms with van der Waals surface area (Å²) in [5, 5.41) is 11.9. The molecule has 0 unspecified atom stereocenters. The molecule has 1 aromatic carbocycles. The molecule has 5 heteroatoms. The predicted octanol–water partition coefficient (Wildman–Crippen LogP) is 3.49. The number of halogens is 2. The second-order valence-electron chi connectivity index (χ2n) is 3.29. The summed E-state index contributed by atoms with van der Waals surface area (Å²) in [7, 11) is 0. The van der Waals surface area contributed by atoms with Gasteiger partial charge in [0.05, 0.1) is 22.6 Å². The van der Waals surface area contributed by atoms with E-state index in [1.165, 1.54) is 24.4 Å². The largest absolute Gasteiger partial charge is 0.353 e. The van der Waals surface area contributed by atoms with Crippen LogP contribution in [0.2, 0.25) is 5.02 Å². The van der Waals surface area contributed by atoms with E-state index in [2.05, 4.69) is 10.3 Å². The molecule has 0 atom stereocenters. The van der Waals surface area contributed by atoms with Crippen molar-refractivity contribution in [3.05, 3.63) is 53.1 Å². The van der Waals surface area contributed by atoms with Crippen molar-refractivity contribution >= 4 is 23.0 Å². The SMILES string of the molecule is N#Cc1ccc(Nc2cc(F)ccc2Cl)cn1. The molecule has 3 nitrogen and oxygen atoms in total. The van der Waals surface area contributed by atoms with Crippen LogP contribution >= 0.6 is 11.6 Å². The third kappa shape index (κ3) is 2.71. The van der Waals surface area contributed by atoms with Crippen LogP contribution in [-0.2, 0) is 0 Å². The fraction of sp³-hybridized carbons (Fsp3) is 0. The minimum Gasteiger partial charge on any atom is -0.353 e. The number of aromatic nitrogens is 1. The number of rotatable bonds is 2. The standard InChI is InChI=1S/C12H7ClFN3/c13-11-4-1-8(14)5-12(11)17-10-3-2-9(6-15)16-7-10/h1-5,7,17H. The van der Waals surface area contributed by atoms with Gasteiger partial charge >= 0.3 is 0 Å². The first-order valence-corrected chi connectivity index (χ1v) is 5.15. The van der Waals surface area contributed by atoms with Crippen molar-refractivity contribution in [2.24, 2.45) is 0 Å². The molecule has 2 aromatic rings. The molecule has 1 aromatic heterocycles. The van der Waals surface area contributed by atoms with Crippen molar-refractivity contribution in [2.45, 2.75) is 0 Å². The Balaban J connectivity index is 2.25. The fourth-order valence-electron chi connectivity index (χ4n) is 1.28. The van der Waals surface area contributed by atoms with E-state index < -0.39 is 0 Å². The van der Waals surface area contributed by atoms with Crippen LogP contribution < -0.4 is 5.32 Å². The molecule has 0 aliphatic heterocycles. The average Bonchev–Trinajstić information content (AvgIpc) is 2.35. The zero-order valence-electron chi connectivity index (χ0n) is 8.61. The molecule has 1 N–H and O–H groups in total. The van der Waals surface area contributed by atoms with E-state index in [0.29, 0.717) is 22.1 Å². The lowest BCUT2D eigenvalue weighted by Gasteiger charge is -2.07. The lowest BCUT2D eigenvalue weighted by molar-refractivity contribution is 0.628. The molecular weight excluding hydrogens is 241 g/mol. The number of hydrogen-bond acceptors (Lipinski definition) is 3. The highest BCUT2D eigenvalue weighted by Crippen LogP contribution is 2.25. The fourth-order valence-corrected chi connectivity index (χ4v) is 1.45. The van der Waals surface area contributed by atoms with Gasteiger partial charge in [-0.2, -0.15) is 5.26 Å². The molecule has 84 valence electrons. The number of nitrogens with zero attached hydrogens (tertiary/aromatic N) is 2. The normalized spacial score (nSPS) is 9.71. The summed E-state index contributed by atoms with van der Waals surface area (Å²) in [4.78, 5) is 3.88. The van der Waals surface area contributed by atoms with Crippen LogP contribution in [0, 0.1) is 17.1 Å². The Labute approximate surface area is 102 Å². The van der Waals surface area contributed by atoms with Crippen molar-refractivity contribution in [1.82, 2.24) is 4.98 Å². The van der Waals surface area contributed by atoms with E-state index in [4.69, 9.17) is 16.9 Å². The lowest BCUT2D eigenvalue weighted by Crippen LogP contribution is -1.93. The number of anilines is 2. The van der Waals surface area contributed by atoms with E-state index in [-0.39, 0.29) is 5.82 Å². The van der Waals surface area contributed by atoms with Crippen LogP contribution in [0.3, 0.4) is 0 Å². The third-order valence-electron chi connectivity index (χ3n) is 2.09. The average molecular weight is 248 g/mol. The maximum Gasteiger partial charge on any atom is 0.140 e. The Kier molecular flexibility index (Phi) is 3.22. The minimum absolute atomic E-state index is 0.320. The minimum atomic E-state index is -0.376. The third-order valence-corrected chi connectivity index (χ3v) is 2.42. The summed E-state index contributed by atoms with van der Waals surface area (Å²) >= 11 is 5.90. The number of pyridine rings is 1. The van der Waals surface area contributed by atoms with Gasteiger partial charge in [0.1, 0.15) is 17.6 Å². The summed E-state index contributed by atoms with van der Waals surface area (Å²) in [5.74, 6) is -0.376. The molecule has 0 radical (unpaired) electrons. The smallest absolute Gasteiger partial charge is 0.140 e. The van der Waals surface area contributed by atoms with Crippen LogP contribution in [0.25, 0.3) is 0 Å². The first-order chi connectivity index (χ1) is 8.19. The maximum atomic E-state index is 13.0. The molecule has 0 fully saturated rings. The van der Waals surface area contributed by atoms with Gasteiger partial charge in [0.2, 0.25) is 0 Å². The van der Waals surface area contributed by atoms with Crippen molar-refractivity contribution in [2.75, 3.05) is 5.32 Å². The van der Waals surface area contributed by atoms with Gasteiger partial charge in [0, 0.05) is 0 Å². The van der Waals surface area contributed by atoms with Crippen LogP contribution in [0.1, 0.15) is 5.69 Å². The summed E-state index contributed by atoms with van der Waals surface area (Å²) < 4.78 is 13.0. The van der Waals surface area contributed by atoms with E-state index in [1.54, 1.807) is 12.1 Å². The van der Waals surface area contributed by atoms with E-state index >= 15 is 0 Å². The first-order valence-electron chi connectivity index (χ1n) is 4.77. The second-order valence-corrected chi connectivity index (χ2v) is 3.70. The van der Waals surface area contributed by atoms with Gasteiger partial charge in [0.15, 0.2) is 0 Å². The highest BCUT2D eigenvalue weighted by molar-refractivity contribution is 6.33. The lowest BCUT2D eigenvalue weighted by atomic mass is 10.3. The molecule has 0 spiro atoms. The molecule has 0 aliphatic carbocycles. The Hall–Kier alpha value is -2.12. The zero-order chi connectivity index (χ0) is 12.3.